The lowest BCUT2D eigenvalue weighted by Crippen LogP contribution is -2.15. The number of carboxylic acids is 1. The van der Waals surface area contributed by atoms with Crippen molar-refractivity contribution >= 4 is 17.6 Å². The zero-order valence-electron chi connectivity index (χ0n) is 11.6. The van der Waals surface area contributed by atoms with E-state index < -0.39 is 17.7 Å². The van der Waals surface area contributed by atoms with Gasteiger partial charge in [0, 0.05) is 5.56 Å². The smallest absolute Gasteiger partial charge is 0.338 e. The Labute approximate surface area is 121 Å². The minimum Gasteiger partial charge on any atom is -0.478 e. The van der Waals surface area contributed by atoms with Crippen LogP contribution in [0.15, 0.2) is 36.4 Å². The fraction of sp³-hybridized carbons (Fsp3) is 0.125. The molecule has 2 aromatic carbocycles. The first-order valence-electron chi connectivity index (χ1n) is 6.30. The molecule has 2 rings (SSSR count). The number of aryl methyl sites for hydroxylation is 2. The number of amides is 1. The third-order valence-corrected chi connectivity index (χ3v) is 3.17. The summed E-state index contributed by atoms with van der Waals surface area (Å²) in [5, 5.41) is 11.7. The fourth-order valence-electron chi connectivity index (χ4n) is 1.98. The Bertz CT molecular complexity index is 725. The number of halogens is 1. The number of aromatic carboxylic acids is 1. The molecule has 21 heavy (non-hydrogen) atoms. The SMILES string of the molecule is Cc1ccc(C(=O)Nc2cccc(C)c2C(=O)O)cc1F. The number of hydrogen-bond acceptors (Lipinski definition) is 2. The average molecular weight is 287 g/mol. The van der Waals surface area contributed by atoms with Crippen molar-refractivity contribution in [1.29, 1.82) is 0 Å². The molecule has 0 atom stereocenters. The highest BCUT2D eigenvalue weighted by atomic mass is 19.1. The average Bonchev–Trinajstić information content (AvgIpc) is 2.41. The van der Waals surface area contributed by atoms with E-state index in [1.807, 2.05) is 0 Å². The van der Waals surface area contributed by atoms with Crippen LogP contribution in [0.5, 0.6) is 0 Å². The normalized spacial score (nSPS) is 10.2. The summed E-state index contributed by atoms with van der Waals surface area (Å²) in [5.41, 5.74) is 1.33. The van der Waals surface area contributed by atoms with Gasteiger partial charge in [-0.2, -0.15) is 0 Å². The van der Waals surface area contributed by atoms with Crippen molar-refractivity contribution < 1.29 is 19.1 Å². The summed E-state index contributed by atoms with van der Waals surface area (Å²) in [7, 11) is 0. The monoisotopic (exact) mass is 287 g/mol. The van der Waals surface area contributed by atoms with Crippen LogP contribution >= 0.6 is 0 Å². The number of anilines is 1. The van der Waals surface area contributed by atoms with Gasteiger partial charge in [0.25, 0.3) is 5.91 Å². The summed E-state index contributed by atoms with van der Waals surface area (Å²) >= 11 is 0. The van der Waals surface area contributed by atoms with E-state index in [0.717, 1.165) is 6.07 Å². The van der Waals surface area contributed by atoms with Crippen LogP contribution in [0.3, 0.4) is 0 Å². The molecule has 0 bridgehead atoms. The minimum absolute atomic E-state index is 0.0263. The summed E-state index contributed by atoms with van der Waals surface area (Å²) in [6.07, 6.45) is 0. The Balaban J connectivity index is 2.34. The van der Waals surface area contributed by atoms with E-state index >= 15 is 0 Å². The van der Waals surface area contributed by atoms with E-state index in [4.69, 9.17) is 0 Å². The third-order valence-electron chi connectivity index (χ3n) is 3.17. The molecular weight excluding hydrogens is 273 g/mol. The van der Waals surface area contributed by atoms with Gasteiger partial charge in [-0.3, -0.25) is 4.79 Å². The summed E-state index contributed by atoms with van der Waals surface area (Å²) in [6.45, 7) is 3.24. The Kier molecular flexibility index (Phi) is 4.03. The van der Waals surface area contributed by atoms with E-state index in [9.17, 15) is 19.1 Å². The van der Waals surface area contributed by atoms with E-state index in [1.165, 1.54) is 18.2 Å². The summed E-state index contributed by atoms with van der Waals surface area (Å²) in [5.74, 6) is -2.16. The van der Waals surface area contributed by atoms with Crippen LogP contribution in [0.1, 0.15) is 31.8 Å². The Morgan fingerprint density at radius 3 is 2.43 bits per heavy atom. The first kappa shape index (κ1) is 14.7. The molecule has 0 aliphatic rings. The van der Waals surface area contributed by atoms with E-state index in [0.29, 0.717) is 11.1 Å². The van der Waals surface area contributed by atoms with Gasteiger partial charge in [-0.05, 0) is 43.2 Å². The highest BCUT2D eigenvalue weighted by Crippen LogP contribution is 2.20. The summed E-state index contributed by atoms with van der Waals surface area (Å²) in [6, 6.07) is 8.90. The largest absolute Gasteiger partial charge is 0.478 e. The number of benzene rings is 2. The molecule has 0 saturated carbocycles. The van der Waals surface area contributed by atoms with Gasteiger partial charge in [-0.25, -0.2) is 9.18 Å². The molecule has 0 spiro atoms. The quantitative estimate of drug-likeness (QED) is 0.909. The van der Waals surface area contributed by atoms with Crippen molar-refractivity contribution in [2.75, 3.05) is 5.32 Å². The highest BCUT2D eigenvalue weighted by molar-refractivity contribution is 6.08. The van der Waals surface area contributed by atoms with E-state index in [-0.39, 0.29) is 16.8 Å². The number of carbonyl (C=O) groups is 2. The molecule has 2 aromatic rings. The molecule has 0 radical (unpaired) electrons. The molecule has 0 saturated heterocycles. The van der Waals surface area contributed by atoms with Gasteiger partial charge < -0.3 is 10.4 Å². The molecule has 0 aliphatic carbocycles. The lowest BCUT2D eigenvalue weighted by molar-refractivity contribution is 0.0697. The second-order valence-electron chi connectivity index (χ2n) is 4.72. The maximum Gasteiger partial charge on any atom is 0.338 e. The number of nitrogens with one attached hydrogen (secondary N) is 1. The van der Waals surface area contributed by atoms with Crippen molar-refractivity contribution in [3.8, 4) is 0 Å². The Morgan fingerprint density at radius 1 is 1.10 bits per heavy atom. The van der Waals surface area contributed by atoms with Crippen LogP contribution in [-0.4, -0.2) is 17.0 Å². The van der Waals surface area contributed by atoms with Crippen molar-refractivity contribution in [3.63, 3.8) is 0 Å². The van der Waals surface area contributed by atoms with Crippen LogP contribution in [-0.2, 0) is 0 Å². The van der Waals surface area contributed by atoms with Gasteiger partial charge in [0.15, 0.2) is 0 Å². The molecule has 4 nitrogen and oxygen atoms in total. The highest BCUT2D eigenvalue weighted by Gasteiger charge is 2.16. The van der Waals surface area contributed by atoms with Crippen LogP contribution in [0, 0.1) is 19.7 Å². The number of hydrogen-bond donors (Lipinski definition) is 2. The van der Waals surface area contributed by atoms with Crippen molar-refractivity contribution in [1.82, 2.24) is 0 Å². The Morgan fingerprint density at radius 2 is 1.81 bits per heavy atom. The first-order chi connectivity index (χ1) is 9.90. The lowest BCUT2D eigenvalue weighted by atomic mass is 10.1. The second-order valence-corrected chi connectivity index (χ2v) is 4.72. The van der Waals surface area contributed by atoms with Gasteiger partial charge in [0.05, 0.1) is 11.3 Å². The number of carbonyl (C=O) groups excluding carboxylic acids is 1. The van der Waals surface area contributed by atoms with Gasteiger partial charge in [0.1, 0.15) is 5.82 Å². The summed E-state index contributed by atoms with van der Waals surface area (Å²) in [4.78, 5) is 23.3. The lowest BCUT2D eigenvalue weighted by Gasteiger charge is -2.11. The van der Waals surface area contributed by atoms with E-state index in [2.05, 4.69) is 5.32 Å². The topological polar surface area (TPSA) is 66.4 Å². The predicted octanol–water partition coefficient (Wildman–Crippen LogP) is 3.39. The molecule has 0 heterocycles. The molecule has 2 N–H and O–H groups in total. The maximum atomic E-state index is 13.5. The molecule has 0 aromatic heterocycles. The molecule has 0 fully saturated rings. The standard InChI is InChI=1S/C16H14FNO3/c1-9-6-7-11(8-12(9)17)15(19)18-13-5-3-4-10(2)14(13)16(20)21/h3-8H,1-2H3,(H,18,19)(H,20,21). The zero-order valence-corrected chi connectivity index (χ0v) is 11.6. The van der Waals surface area contributed by atoms with Crippen LogP contribution < -0.4 is 5.32 Å². The molecule has 108 valence electrons. The molecular formula is C16H14FNO3. The van der Waals surface area contributed by atoms with Crippen LogP contribution in [0.4, 0.5) is 10.1 Å². The van der Waals surface area contributed by atoms with Gasteiger partial charge in [-0.1, -0.05) is 18.2 Å². The maximum absolute atomic E-state index is 13.5. The van der Waals surface area contributed by atoms with Crippen molar-refractivity contribution in [3.05, 3.63) is 64.5 Å². The van der Waals surface area contributed by atoms with Gasteiger partial charge in [-0.15, -0.1) is 0 Å². The van der Waals surface area contributed by atoms with Crippen molar-refractivity contribution in [2.24, 2.45) is 0 Å². The number of rotatable bonds is 3. The molecule has 1 amide bonds. The zero-order chi connectivity index (χ0) is 15.6. The summed E-state index contributed by atoms with van der Waals surface area (Å²) < 4.78 is 13.5. The van der Waals surface area contributed by atoms with Gasteiger partial charge in [0.2, 0.25) is 0 Å². The van der Waals surface area contributed by atoms with Crippen LogP contribution in [0.2, 0.25) is 0 Å². The second kappa shape index (κ2) is 5.75. The fourth-order valence-corrected chi connectivity index (χ4v) is 1.98. The number of carboxylic acid groups (broad SMARTS) is 1. The minimum atomic E-state index is -1.13. The van der Waals surface area contributed by atoms with Gasteiger partial charge >= 0.3 is 5.97 Å². The Hall–Kier alpha value is -2.69. The van der Waals surface area contributed by atoms with E-state index in [1.54, 1.807) is 26.0 Å². The third kappa shape index (κ3) is 3.08. The first-order valence-corrected chi connectivity index (χ1v) is 6.30. The molecule has 5 heteroatoms. The molecule has 0 unspecified atom stereocenters. The van der Waals surface area contributed by atoms with Crippen molar-refractivity contribution in [2.45, 2.75) is 13.8 Å². The molecule has 0 aliphatic heterocycles. The van der Waals surface area contributed by atoms with Crippen LogP contribution in [0.25, 0.3) is 0 Å². The predicted molar refractivity (Wildman–Crippen MR) is 77.2 cm³/mol.